The Bertz CT molecular complexity index is 1040. The number of esters is 1. The van der Waals surface area contributed by atoms with Crippen LogP contribution in [-0.4, -0.2) is 37.1 Å². The number of halogens is 1. The third-order valence-corrected chi connectivity index (χ3v) is 4.67. The summed E-state index contributed by atoms with van der Waals surface area (Å²) in [5, 5.41) is 4.45. The third-order valence-electron chi connectivity index (χ3n) is 4.67. The van der Waals surface area contributed by atoms with Crippen molar-refractivity contribution in [3.05, 3.63) is 59.0 Å². The highest BCUT2D eigenvalue weighted by molar-refractivity contribution is 5.94. The number of hydrogen-bond acceptors (Lipinski definition) is 5. The van der Waals surface area contributed by atoms with E-state index in [1.54, 1.807) is 31.0 Å². The Balaban J connectivity index is 1.97. The summed E-state index contributed by atoms with van der Waals surface area (Å²) < 4.78 is 30.7. The van der Waals surface area contributed by atoms with Crippen LogP contribution in [0.4, 0.5) is 4.39 Å². The monoisotopic (exact) mass is 368 g/mol. The normalized spacial score (nSPS) is 11.7. The molecule has 4 rings (SSSR count). The first-order valence-electron chi connectivity index (χ1n) is 8.28. The SMILES string of the molecule is COC(=O)c1nn(-c2ccc(F)cc2)c2c1Cc1cc(OC)c(OC)cc1-2. The zero-order valence-electron chi connectivity index (χ0n) is 15.1. The van der Waals surface area contributed by atoms with E-state index in [1.807, 2.05) is 12.1 Å². The Kier molecular flexibility index (Phi) is 4.07. The van der Waals surface area contributed by atoms with Gasteiger partial charge >= 0.3 is 5.97 Å². The van der Waals surface area contributed by atoms with Gasteiger partial charge in [-0.1, -0.05) is 0 Å². The predicted molar refractivity (Wildman–Crippen MR) is 96.2 cm³/mol. The van der Waals surface area contributed by atoms with Crippen LogP contribution in [0.5, 0.6) is 11.5 Å². The molecule has 0 unspecified atom stereocenters. The Morgan fingerprint density at radius 1 is 1.07 bits per heavy atom. The molecule has 27 heavy (non-hydrogen) atoms. The largest absolute Gasteiger partial charge is 0.493 e. The standard InChI is InChI=1S/C20H17FN2O4/c1-25-16-9-11-8-15-18(20(24)27-3)22-23(13-6-4-12(21)5-7-13)19(15)14(11)10-17(16)26-2/h4-7,9-10H,8H2,1-3H3. The van der Waals surface area contributed by atoms with Crippen LogP contribution in [-0.2, 0) is 11.2 Å². The van der Waals surface area contributed by atoms with Gasteiger partial charge in [0.05, 0.1) is 32.7 Å². The molecule has 6 nitrogen and oxygen atoms in total. The summed E-state index contributed by atoms with van der Waals surface area (Å²) in [6.07, 6.45) is 0.511. The average Bonchev–Trinajstić information content (AvgIpc) is 3.23. The van der Waals surface area contributed by atoms with Gasteiger partial charge in [0.25, 0.3) is 0 Å². The van der Waals surface area contributed by atoms with Crippen LogP contribution in [0, 0.1) is 5.82 Å². The molecule has 138 valence electrons. The van der Waals surface area contributed by atoms with Gasteiger partial charge in [-0.2, -0.15) is 5.10 Å². The molecule has 0 radical (unpaired) electrons. The van der Waals surface area contributed by atoms with Gasteiger partial charge in [0.15, 0.2) is 17.2 Å². The Morgan fingerprint density at radius 2 is 1.74 bits per heavy atom. The Labute approximate surface area is 155 Å². The van der Waals surface area contributed by atoms with Crippen LogP contribution in [0.25, 0.3) is 16.9 Å². The van der Waals surface area contributed by atoms with Gasteiger partial charge < -0.3 is 14.2 Å². The van der Waals surface area contributed by atoms with E-state index in [2.05, 4.69) is 5.10 Å². The van der Waals surface area contributed by atoms with E-state index in [-0.39, 0.29) is 11.5 Å². The second-order valence-corrected chi connectivity index (χ2v) is 6.10. The van der Waals surface area contributed by atoms with Crippen molar-refractivity contribution in [3.63, 3.8) is 0 Å². The summed E-state index contributed by atoms with van der Waals surface area (Å²) in [7, 11) is 4.46. The van der Waals surface area contributed by atoms with Gasteiger partial charge in [-0.05, 0) is 42.0 Å². The fourth-order valence-electron chi connectivity index (χ4n) is 3.40. The molecule has 3 aromatic rings. The van der Waals surface area contributed by atoms with Crippen molar-refractivity contribution in [1.82, 2.24) is 9.78 Å². The van der Waals surface area contributed by atoms with Crippen molar-refractivity contribution in [1.29, 1.82) is 0 Å². The molecule has 7 heteroatoms. The maximum absolute atomic E-state index is 13.4. The quantitative estimate of drug-likeness (QED) is 0.517. The van der Waals surface area contributed by atoms with Crippen molar-refractivity contribution in [3.8, 4) is 28.4 Å². The van der Waals surface area contributed by atoms with Crippen molar-refractivity contribution >= 4 is 5.97 Å². The number of carbonyl (C=O) groups excluding carboxylic acids is 1. The molecule has 1 aromatic heterocycles. The second kappa shape index (κ2) is 6.42. The highest BCUT2D eigenvalue weighted by atomic mass is 19.1. The summed E-state index contributed by atoms with van der Waals surface area (Å²) in [6, 6.07) is 9.69. The minimum atomic E-state index is -0.515. The van der Waals surface area contributed by atoms with E-state index >= 15 is 0 Å². The molecule has 0 saturated carbocycles. The van der Waals surface area contributed by atoms with Gasteiger partial charge in [0, 0.05) is 17.5 Å². The number of aromatic nitrogens is 2. The van der Waals surface area contributed by atoms with E-state index < -0.39 is 5.97 Å². The van der Waals surface area contributed by atoms with Crippen molar-refractivity contribution < 1.29 is 23.4 Å². The smallest absolute Gasteiger partial charge is 0.358 e. The first-order valence-corrected chi connectivity index (χ1v) is 8.28. The average molecular weight is 368 g/mol. The van der Waals surface area contributed by atoms with E-state index in [0.717, 1.165) is 22.4 Å². The summed E-state index contributed by atoms with van der Waals surface area (Å²) in [6.45, 7) is 0. The zero-order valence-corrected chi connectivity index (χ0v) is 15.1. The molecule has 0 bridgehead atoms. The third kappa shape index (κ3) is 2.63. The van der Waals surface area contributed by atoms with Gasteiger partial charge in [-0.15, -0.1) is 0 Å². The summed E-state index contributed by atoms with van der Waals surface area (Å²) in [4.78, 5) is 12.3. The molecule has 0 spiro atoms. The molecule has 1 heterocycles. The summed E-state index contributed by atoms with van der Waals surface area (Å²) in [5.41, 5.74) is 4.28. The van der Waals surface area contributed by atoms with Crippen molar-refractivity contribution in [2.45, 2.75) is 6.42 Å². The molecule has 0 aliphatic heterocycles. The van der Waals surface area contributed by atoms with Crippen molar-refractivity contribution in [2.75, 3.05) is 21.3 Å². The summed E-state index contributed by atoms with van der Waals surface area (Å²) >= 11 is 0. The summed E-state index contributed by atoms with van der Waals surface area (Å²) in [5.74, 6) is 0.333. The molecular formula is C20H17FN2O4. The molecule has 2 aromatic carbocycles. The molecule has 0 atom stereocenters. The molecule has 0 amide bonds. The zero-order chi connectivity index (χ0) is 19.1. The van der Waals surface area contributed by atoms with Crippen LogP contribution in [0.2, 0.25) is 0 Å². The topological polar surface area (TPSA) is 62.6 Å². The molecule has 0 N–H and O–H groups in total. The highest BCUT2D eigenvalue weighted by Crippen LogP contribution is 2.44. The van der Waals surface area contributed by atoms with Crippen LogP contribution in [0.15, 0.2) is 36.4 Å². The van der Waals surface area contributed by atoms with Gasteiger partial charge in [0.1, 0.15) is 5.82 Å². The molecular weight excluding hydrogens is 351 g/mol. The number of rotatable bonds is 4. The lowest BCUT2D eigenvalue weighted by Crippen LogP contribution is -2.07. The number of benzene rings is 2. The maximum atomic E-state index is 13.4. The van der Waals surface area contributed by atoms with Crippen LogP contribution < -0.4 is 9.47 Å². The number of ether oxygens (including phenoxy) is 3. The molecule has 0 fully saturated rings. The van der Waals surface area contributed by atoms with Crippen LogP contribution >= 0.6 is 0 Å². The van der Waals surface area contributed by atoms with E-state index in [0.29, 0.717) is 23.6 Å². The fourth-order valence-corrected chi connectivity index (χ4v) is 3.40. The molecule has 0 saturated heterocycles. The Hall–Kier alpha value is -3.35. The molecule has 1 aliphatic rings. The minimum absolute atomic E-state index is 0.242. The number of methoxy groups -OCH3 is 3. The van der Waals surface area contributed by atoms with Crippen LogP contribution in [0.3, 0.4) is 0 Å². The van der Waals surface area contributed by atoms with Crippen molar-refractivity contribution in [2.24, 2.45) is 0 Å². The predicted octanol–water partition coefficient (Wildman–Crippen LogP) is 3.39. The van der Waals surface area contributed by atoms with Gasteiger partial charge in [0.2, 0.25) is 0 Å². The van der Waals surface area contributed by atoms with Gasteiger partial charge in [-0.25, -0.2) is 13.9 Å². The molecule has 1 aliphatic carbocycles. The Morgan fingerprint density at radius 3 is 2.37 bits per heavy atom. The number of fused-ring (bicyclic) bond motifs is 3. The lowest BCUT2D eigenvalue weighted by Gasteiger charge is -2.12. The number of hydrogen-bond donors (Lipinski definition) is 0. The van der Waals surface area contributed by atoms with Crippen LogP contribution in [0.1, 0.15) is 21.6 Å². The van der Waals surface area contributed by atoms with Gasteiger partial charge in [-0.3, -0.25) is 0 Å². The minimum Gasteiger partial charge on any atom is -0.493 e. The number of carbonyl (C=O) groups is 1. The highest BCUT2D eigenvalue weighted by Gasteiger charge is 2.32. The fraction of sp³-hybridized carbons (Fsp3) is 0.200. The van der Waals surface area contributed by atoms with E-state index in [4.69, 9.17) is 14.2 Å². The maximum Gasteiger partial charge on any atom is 0.358 e. The lowest BCUT2D eigenvalue weighted by molar-refractivity contribution is 0.0592. The van der Waals surface area contributed by atoms with E-state index in [1.165, 1.54) is 19.2 Å². The lowest BCUT2D eigenvalue weighted by atomic mass is 10.1. The first-order chi connectivity index (χ1) is 13.1. The first kappa shape index (κ1) is 17.1. The van der Waals surface area contributed by atoms with E-state index in [9.17, 15) is 9.18 Å². The number of nitrogens with zero attached hydrogens (tertiary/aromatic N) is 2. The second-order valence-electron chi connectivity index (χ2n) is 6.10.